The van der Waals surface area contributed by atoms with Gasteiger partial charge in [-0.3, -0.25) is 0 Å². The highest BCUT2D eigenvalue weighted by Crippen LogP contribution is 2.18. The van der Waals surface area contributed by atoms with Crippen LogP contribution < -0.4 is 4.72 Å². The Morgan fingerprint density at radius 2 is 2.05 bits per heavy atom. The Hall–Kier alpha value is -1.77. The first-order chi connectivity index (χ1) is 9.90. The number of benzene rings is 1. The number of rotatable bonds is 6. The number of nitrogens with one attached hydrogen (secondary N) is 1. The van der Waals surface area contributed by atoms with Crippen molar-refractivity contribution in [1.29, 1.82) is 0 Å². The molecule has 112 valence electrons. The number of hydrogen-bond donors (Lipinski definition) is 2. The monoisotopic (exact) mass is 326 g/mol. The molecule has 1 atom stereocenters. The molecule has 0 saturated carbocycles. The second-order valence-corrected chi connectivity index (χ2v) is 7.15. The molecule has 0 aliphatic carbocycles. The van der Waals surface area contributed by atoms with Gasteiger partial charge < -0.3 is 5.11 Å². The smallest absolute Gasteiger partial charge is 0.335 e. The topological polar surface area (TPSA) is 96.4 Å². The lowest BCUT2D eigenvalue weighted by molar-refractivity contribution is 0.0696. The predicted octanol–water partition coefficient (Wildman–Crippen LogP) is 1.92. The fraction of sp³-hybridized carbons (Fsp3) is 0.231. The molecule has 1 heterocycles. The third-order valence-corrected chi connectivity index (χ3v) is 5.31. The van der Waals surface area contributed by atoms with Crippen LogP contribution in [-0.2, 0) is 10.0 Å². The molecule has 0 spiro atoms. The molecular formula is C13H14N2O4S2. The van der Waals surface area contributed by atoms with Crippen LogP contribution in [0.25, 0.3) is 0 Å². The van der Waals surface area contributed by atoms with Crippen molar-refractivity contribution in [2.75, 3.05) is 6.54 Å². The average molecular weight is 326 g/mol. The van der Waals surface area contributed by atoms with E-state index in [2.05, 4.69) is 9.71 Å². The Morgan fingerprint density at radius 1 is 1.38 bits per heavy atom. The molecule has 2 N–H and O–H groups in total. The standard InChI is InChI=1S/C13H14N2O4S2/c1-9(12-14-6-7-20-12)8-15-21(18,19)11-4-2-10(3-5-11)13(16)17/h2-7,9,15H,8H2,1H3,(H,16,17). The van der Waals surface area contributed by atoms with Gasteiger partial charge in [-0.25, -0.2) is 22.9 Å². The maximum Gasteiger partial charge on any atom is 0.335 e. The molecule has 0 bridgehead atoms. The summed E-state index contributed by atoms with van der Waals surface area (Å²) in [4.78, 5) is 14.9. The van der Waals surface area contributed by atoms with Crippen LogP contribution in [-0.4, -0.2) is 31.0 Å². The molecule has 6 nitrogen and oxygen atoms in total. The fourth-order valence-electron chi connectivity index (χ4n) is 1.66. The highest BCUT2D eigenvalue weighted by atomic mass is 32.2. The van der Waals surface area contributed by atoms with E-state index in [4.69, 9.17) is 5.11 Å². The minimum Gasteiger partial charge on any atom is -0.478 e. The van der Waals surface area contributed by atoms with E-state index in [1.165, 1.54) is 35.6 Å². The molecule has 2 aromatic rings. The third-order valence-electron chi connectivity index (χ3n) is 2.86. The second kappa shape index (κ2) is 6.33. The van der Waals surface area contributed by atoms with Crippen LogP contribution in [0.15, 0.2) is 40.7 Å². The molecule has 1 unspecified atom stereocenters. The van der Waals surface area contributed by atoms with E-state index in [0.717, 1.165) is 5.01 Å². The lowest BCUT2D eigenvalue weighted by Crippen LogP contribution is -2.27. The predicted molar refractivity (Wildman–Crippen MR) is 79.1 cm³/mol. The van der Waals surface area contributed by atoms with E-state index in [1.807, 2.05) is 12.3 Å². The zero-order valence-corrected chi connectivity index (χ0v) is 12.8. The molecule has 0 aliphatic rings. The van der Waals surface area contributed by atoms with Crippen LogP contribution in [0.1, 0.15) is 28.2 Å². The van der Waals surface area contributed by atoms with Crippen LogP contribution in [0, 0.1) is 0 Å². The molecule has 1 aromatic carbocycles. The van der Waals surface area contributed by atoms with Crippen LogP contribution in [0.4, 0.5) is 0 Å². The van der Waals surface area contributed by atoms with E-state index >= 15 is 0 Å². The molecule has 2 rings (SSSR count). The van der Waals surface area contributed by atoms with Gasteiger partial charge in [0.2, 0.25) is 10.0 Å². The summed E-state index contributed by atoms with van der Waals surface area (Å²) >= 11 is 1.47. The first-order valence-electron chi connectivity index (χ1n) is 6.12. The molecule has 0 saturated heterocycles. The molecule has 0 radical (unpaired) electrons. The summed E-state index contributed by atoms with van der Waals surface area (Å²) in [6.45, 7) is 2.12. The fourth-order valence-corrected chi connectivity index (χ4v) is 3.49. The minimum atomic E-state index is -3.65. The molecule has 1 aromatic heterocycles. The molecule has 0 fully saturated rings. The summed E-state index contributed by atoms with van der Waals surface area (Å²) in [5, 5.41) is 11.5. The van der Waals surface area contributed by atoms with Gasteiger partial charge in [-0.1, -0.05) is 6.92 Å². The van der Waals surface area contributed by atoms with Crippen molar-refractivity contribution in [3.63, 3.8) is 0 Å². The molecule has 8 heteroatoms. The first kappa shape index (κ1) is 15.6. The van der Waals surface area contributed by atoms with E-state index in [9.17, 15) is 13.2 Å². The quantitative estimate of drug-likeness (QED) is 0.845. The van der Waals surface area contributed by atoms with Crippen LogP contribution in [0.5, 0.6) is 0 Å². The second-order valence-electron chi connectivity index (χ2n) is 4.45. The van der Waals surface area contributed by atoms with Crippen molar-refractivity contribution in [3.8, 4) is 0 Å². The van der Waals surface area contributed by atoms with Crippen molar-refractivity contribution in [3.05, 3.63) is 46.4 Å². The largest absolute Gasteiger partial charge is 0.478 e. The Bertz CT molecular complexity index is 709. The number of aromatic nitrogens is 1. The maximum absolute atomic E-state index is 12.1. The Kier molecular flexibility index (Phi) is 4.71. The van der Waals surface area contributed by atoms with Crippen LogP contribution in [0.2, 0.25) is 0 Å². The van der Waals surface area contributed by atoms with Gasteiger partial charge in [0.25, 0.3) is 0 Å². The summed E-state index contributed by atoms with van der Waals surface area (Å²) < 4.78 is 26.7. The Morgan fingerprint density at radius 3 is 2.57 bits per heavy atom. The average Bonchev–Trinajstić information content (AvgIpc) is 2.99. The van der Waals surface area contributed by atoms with E-state index in [0.29, 0.717) is 0 Å². The summed E-state index contributed by atoms with van der Waals surface area (Å²) in [6.07, 6.45) is 1.68. The Balaban J connectivity index is 2.06. The summed E-state index contributed by atoms with van der Waals surface area (Å²) in [6, 6.07) is 5.09. The van der Waals surface area contributed by atoms with Crippen molar-refractivity contribution in [2.45, 2.75) is 17.7 Å². The van der Waals surface area contributed by atoms with Gasteiger partial charge in [0, 0.05) is 24.0 Å². The summed E-state index contributed by atoms with van der Waals surface area (Å²) in [7, 11) is -3.65. The van der Waals surface area contributed by atoms with Crippen molar-refractivity contribution >= 4 is 27.3 Å². The normalized spacial score (nSPS) is 13.0. The van der Waals surface area contributed by atoms with Gasteiger partial charge in [-0.15, -0.1) is 11.3 Å². The van der Waals surface area contributed by atoms with Gasteiger partial charge in [-0.05, 0) is 24.3 Å². The highest BCUT2D eigenvalue weighted by molar-refractivity contribution is 7.89. The Labute approximate surface area is 126 Å². The SMILES string of the molecule is CC(CNS(=O)(=O)c1ccc(C(=O)O)cc1)c1nccs1. The number of carboxylic acids is 1. The van der Waals surface area contributed by atoms with Gasteiger partial charge in [0.15, 0.2) is 0 Å². The van der Waals surface area contributed by atoms with Crippen molar-refractivity contribution < 1.29 is 18.3 Å². The molecule has 21 heavy (non-hydrogen) atoms. The van der Waals surface area contributed by atoms with E-state index in [-0.39, 0.29) is 22.9 Å². The van der Waals surface area contributed by atoms with E-state index < -0.39 is 16.0 Å². The van der Waals surface area contributed by atoms with Gasteiger partial charge >= 0.3 is 5.97 Å². The minimum absolute atomic E-state index is 0.0296. The summed E-state index contributed by atoms with van der Waals surface area (Å²) in [5.74, 6) is -1.12. The number of carboxylic acid groups (broad SMARTS) is 1. The lowest BCUT2D eigenvalue weighted by Gasteiger charge is -2.11. The molecular weight excluding hydrogens is 312 g/mol. The van der Waals surface area contributed by atoms with Crippen molar-refractivity contribution in [1.82, 2.24) is 9.71 Å². The number of nitrogens with zero attached hydrogens (tertiary/aromatic N) is 1. The van der Waals surface area contributed by atoms with Gasteiger partial charge in [-0.2, -0.15) is 0 Å². The van der Waals surface area contributed by atoms with Gasteiger partial charge in [0.1, 0.15) is 0 Å². The lowest BCUT2D eigenvalue weighted by atomic mass is 10.2. The van der Waals surface area contributed by atoms with Crippen LogP contribution in [0.3, 0.4) is 0 Å². The number of aromatic carboxylic acids is 1. The third kappa shape index (κ3) is 3.87. The van der Waals surface area contributed by atoms with Crippen molar-refractivity contribution in [2.24, 2.45) is 0 Å². The number of sulfonamides is 1. The zero-order chi connectivity index (χ0) is 15.5. The first-order valence-corrected chi connectivity index (χ1v) is 8.49. The van der Waals surface area contributed by atoms with Crippen LogP contribution >= 0.6 is 11.3 Å². The highest BCUT2D eigenvalue weighted by Gasteiger charge is 2.17. The molecule has 0 amide bonds. The number of thiazole rings is 1. The zero-order valence-electron chi connectivity index (χ0n) is 11.2. The van der Waals surface area contributed by atoms with E-state index in [1.54, 1.807) is 6.20 Å². The summed E-state index contributed by atoms with van der Waals surface area (Å²) in [5.41, 5.74) is 0.0464. The maximum atomic E-state index is 12.1. The number of carbonyl (C=O) groups is 1. The number of hydrogen-bond acceptors (Lipinski definition) is 5. The van der Waals surface area contributed by atoms with Gasteiger partial charge in [0.05, 0.1) is 15.5 Å². The molecule has 0 aliphatic heterocycles.